The number of carboxylic acid groups (broad SMARTS) is 1. The predicted molar refractivity (Wildman–Crippen MR) is 115 cm³/mol. The van der Waals surface area contributed by atoms with Crippen LogP contribution in [0, 0.1) is 0 Å². The number of benzene rings is 2. The Hall–Kier alpha value is -2.63. The Morgan fingerprint density at radius 3 is 2.10 bits per heavy atom. The molecule has 1 aliphatic rings. The first-order valence-corrected chi connectivity index (χ1v) is 10.6. The maximum Gasteiger partial charge on any atom is 0.338 e. The summed E-state index contributed by atoms with van der Waals surface area (Å²) in [6.45, 7) is 2.22. The van der Waals surface area contributed by atoms with E-state index in [9.17, 15) is 14.7 Å². The average Bonchev–Trinajstić information content (AvgIpc) is 3.45. The molecule has 1 aromatic heterocycles. The van der Waals surface area contributed by atoms with Gasteiger partial charge in [0.1, 0.15) is 0 Å². The number of aromatic carboxylic acids is 1. The van der Waals surface area contributed by atoms with Crippen LogP contribution in [0.2, 0.25) is 5.02 Å². The van der Waals surface area contributed by atoms with Crippen LogP contribution in [0.5, 0.6) is 0 Å². The van der Waals surface area contributed by atoms with Gasteiger partial charge >= 0.3 is 11.9 Å². The summed E-state index contributed by atoms with van der Waals surface area (Å²) in [5.74, 6) is -1.16. The summed E-state index contributed by atoms with van der Waals surface area (Å²) in [5.41, 5.74) is 3.53. The Bertz CT molecular complexity index is 1060. The molecule has 2 aromatic carbocycles. The summed E-state index contributed by atoms with van der Waals surface area (Å²) in [7, 11) is 0. The molecular weight excluding hydrogens is 408 g/mol. The Morgan fingerprint density at radius 2 is 1.59 bits per heavy atom. The fraction of sp³-hybridized carbons (Fsp3) is 0.217. The minimum atomic E-state index is -1.03. The maximum atomic E-state index is 12.3. The molecule has 0 aliphatic heterocycles. The predicted octanol–water partition coefficient (Wildman–Crippen LogP) is 6.03. The van der Waals surface area contributed by atoms with Gasteiger partial charge in [-0.3, -0.25) is 4.79 Å². The van der Waals surface area contributed by atoms with Gasteiger partial charge in [-0.05, 0) is 42.0 Å². The molecule has 29 heavy (non-hydrogen) atoms. The van der Waals surface area contributed by atoms with Crippen LogP contribution in [0.15, 0.2) is 53.9 Å². The molecule has 0 unspecified atom stereocenters. The first-order valence-electron chi connectivity index (χ1n) is 9.35. The quantitative estimate of drug-likeness (QED) is 0.489. The van der Waals surface area contributed by atoms with E-state index >= 15 is 0 Å². The zero-order valence-electron chi connectivity index (χ0n) is 15.8. The van der Waals surface area contributed by atoms with E-state index in [1.165, 1.54) is 11.3 Å². The molecule has 0 bridgehead atoms. The monoisotopic (exact) mass is 426 g/mol. The number of hydrogen-bond acceptors (Lipinski definition) is 4. The van der Waals surface area contributed by atoms with E-state index in [0.717, 1.165) is 35.1 Å². The van der Waals surface area contributed by atoms with Crippen LogP contribution in [0.4, 0.5) is 0 Å². The Balaban J connectivity index is 1.58. The van der Waals surface area contributed by atoms with E-state index in [1.54, 1.807) is 5.38 Å². The summed E-state index contributed by atoms with van der Waals surface area (Å²) >= 11 is 7.33. The number of carboxylic acids is 1. The summed E-state index contributed by atoms with van der Waals surface area (Å²) in [5, 5.41) is 11.3. The lowest BCUT2D eigenvalue weighted by molar-refractivity contribution is -0.146. The number of carbonyl (C=O) groups excluding carboxylic acids is 1. The number of carbonyl (C=O) groups is 2. The molecule has 0 saturated heterocycles. The van der Waals surface area contributed by atoms with Crippen LogP contribution in [0.3, 0.4) is 0 Å². The lowest BCUT2D eigenvalue weighted by Crippen LogP contribution is -2.23. The summed E-state index contributed by atoms with van der Waals surface area (Å²) < 4.78 is 5.23. The maximum absolute atomic E-state index is 12.3. The van der Waals surface area contributed by atoms with Gasteiger partial charge in [-0.25, -0.2) is 4.79 Å². The molecule has 1 saturated carbocycles. The lowest BCUT2D eigenvalue weighted by atomic mass is 9.93. The molecule has 4 rings (SSSR count). The van der Waals surface area contributed by atoms with Crippen LogP contribution in [-0.2, 0) is 14.9 Å². The number of hydrogen-bond donors (Lipinski definition) is 1. The van der Waals surface area contributed by atoms with E-state index < -0.39 is 11.4 Å². The van der Waals surface area contributed by atoms with Gasteiger partial charge in [-0.15, -0.1) is 11.3 Å². The lowest BCUT2D eigenvalue weighted by Gasteiger charge is -2.14. The molecule has 0 radical (unpaired) electrons. The van der Waals surface area contributed by atoms with Gasteiger partial charge in [-0.1, -0.05) is 60.1 Å². The molecule has 3 aromatic rings. The SMILES string of the molecule is CCOC(=O)C1(c2ccc(-c3ccc(-c4scc(Cl)c4C(=O)O)cc3)cc2)CC1. The molecule has 1 aliphatic carbocycles. The molecule has 1 fully saturated rings. The van der Waals surface area contributed by atoms with Gasteiger partial charge in [0.05, 0.1) is 27.5 Å². The second kappa shape index (κ2) is 7.65. The van der Waals surface area contributed by atoms with Gasteiger partial charge in [0.2, 0.25) is 0 Å². The van der Waals surface area contributed by atoms with Crippen molar-refractivity contribution in [2.24, 2.45) is 0 Å². The van der Waals surface area contributed by atoms with Crippen molar-refractivity contribution in [1.82, 2.24) is 0 Å². The first-order chi connectivity index (χ1) is 14.0. The number of thiophene rings is 1. The largest absolute Gasteiger partial charge is 0.478 e. The highest BCUT2D eigenvalue weighted by Gasteiger charge is 2.52. The van der Waals surface area contributed by atoms with Crippen molar-refractivity contribution < 1.29 is 19.4 Å². The third-order valence-electron chi connectivity index (χ3n) is 5.29. The fourth-order valence-corrected chi connectivity index (χ4v) is 4.84. The highest BCUT2D eigenvalue weighted by molar-refractivity contribution is 7.14. The zero-order chi connectivity index (χ0) is 20.6. The van der Waals surface area contributed by atoms with Crippen molar-refractivity contribution in [2.45, 2.75) is 25.2 Å². The molecule has 6 heteroatoms. The van der Waals surface area contributed by atoms with Crippen molar-refractivity contribution in [3.8, 4) is 21.6 Å². The van der Waals surface area contributed by atoms with E-state index in [4.69, 9.17) is 16.3 Å². The van der Waals surface area contributed by atoms with E-state index in [0.29, 0.717) is 11.5 Å². The van der Waals surface area contributed by atoms with Gasteiger partial charge in [0.15, 0.2) is 0 Å². The molecular formula is C23H19ClO4S. The molecule has 1 N–H and O–H groups in total. The zero-order valence-corrected chi connectivity index (χ0v) is 17.3. The van der Waals surface area contributed by atoms with Crippen LogP contribution in [0.25, 0.3) is 21.6 Å². The van der Waals surface area contributed by atoms with Crippen molar-refractivity contribution in [3.63, 3.8) is 0 Å². The van der Waals surface area contributed by atoms with Crippen LogP contribution >= 0.6 is 22.9 Å². The molecule has 0 atom stereocenters. The molecule has 4 nitrogen and oxygen atoms in total. The van der Waals surface area contributed by atoms with Crippen molar-refractivity contribution in [3.05, 3.63) is 70.1 Å². The minimum absolute atomic E-state index is 0.138. The van der Waals surface area contributed by atoms with Crippen LogP contribution in [0.1, 0.15) is 35.7 Å². The first kappa shape index (κ1) is 19.7. The standard InChI is InChI=1S/C23H19ClO4S/c1-2-28-22(27)23(11-12-23)17-9-7-15(8-10-17)14-3-5-16(6-4-14)20-19(21(25)26)18(24)13-29-20/h3-10,13H,2,11-12H2,1H3,(H,25,26). The molecule has 148 valence electrons. The van der Waals surface area contributed by atoms with Crippen molar-refractivity contribution >= 4 is 34.9 Å². The van der Waals surface area contributed by atoms with Gasteiger partial charge in [-0.2, -0.15) is 0 Å². The van der Waals surface area contributed by atoms with Gasteiger partial charge in [0, 0.05) is 5.38 Å². The Morgan fingerprint density at radius 1 is 1.03 bits per heavy atom. The Labute approximate surface area is 177 Å². The van der Waals surface area contributed by atoms with E-state index in [2.05, 4.69) is 0 Å². The smallest absolute Gasteiger partial charge is 0.338 e. The Kier molecular flexibility index (Phi) is 5.19. The van der Waals surface area contributed by atoms with Crippen molar-refractivity contribution in [2.75, 3.05) is 6.61 Å². The van der Waals surface area contributed by atoms with E-state index in [1.807, 2.05) is 55.5 Å². The number of ether oxygens (including phenoxy) is 1. The summed E-state index contributed by atoms with van der Waals surface area (Å²) in [4.78, 5) is 24.4. The molecule has 0 amide bonds. The third-order valence-corrected chi connectivity index (χ3v) is 6.75. The fourth-order valence-electron chi connectivity index (χ4n) is 3.55. The molecule has 0 spiro atoms. The number of rotatable bonds is 6. The highest BCUT2D eigenvalue weighted by atomic mass is 35.5. The second-order valence-corrected chi connectivity index (χ2v) is 8.34. The second-order valence-electron chi connectivity index (χ2n) is 7.05. The average molecular weight is 427 g/mol. The normalized spacial score (nSPS) is 14.4. The number of esters is 1. The molecule has 1 heterocycles. The highest BCUT2D eigenvalue weighted by Crippen LogP contribution is 2.49. The third kappa shape index (κ3) is 3.56. The van der Waals surface area contributed by atoms with E-state index in [-0.39, 0.29) is 16.6 Å². The van der Waals surface area contributed by atoms with Crippen LogP contribution < -0.4 is 0 Å². The summed E-state index contributed by atoms with van der Waals surface area (Å²) in [6.07, 6.45) is 1.66. The van der Waals surface area contributed by atoms with Crippen LogP contribution in [-0.4, -0.2) is 23.7 Å². The van der Waals surface area contributed by atoms with Gasteiger partial charge in [0.25, 0.3) is 0 Å². The minimum Gasteiger partial charge on any atom is -0.478 e. The van der Waals surface area contributed by atoms with Gasteiger partial charge < -0.3 is 9.84 Å². The number of halogens is 1. The topological polar surface area (TPSA) is 63.6 Å². The van der Waals surface area contributed by atoms with Crippen molar-refractivity contribution in [1.29, 1.82) is 0 Å². The summed E-state index contributed by atoms with van der Waals surface area (Å²) in [6, 6.07) is 15.7.